The second-order valence-electron chi connectivity index (χ2n) is 7.13. The van der Waals surface area contributed by atoms with Gasteiger partial charge in [0, 0.05) is 36.5 Å². The minimum atomic E-state index is -4.91. The summed E-state index contributed by atoms with van der Waals surface area (Å²) in [5, 5.41) is 1.95. The van der Waals surface area contributed by atoms with Gasteiger partial charge in [-0.05, 0) is 43.3 Å². The average molecular weight is 477 g/mol. The number of hydrogen-bond donors (Lipinski definition) is 0. The number of nitrogens with zero attached hydrogens (tertiary/aromatic N) is 2. The van der Waals surface area contributed by atoms with Crippen LogP contribution in [0.5, 0.6) is 5.75 Å². The molecule has 0 radical (unpaired) electrons. The van der Waals surface area contributed by atoms with Crippen LogP contribution in [0.1, 0.15) is 24.6 Å². The third-order valence-corrected chi connectivity index (χ3v) is 7.86. The Hall–Kier alpha value is -2.11. The van der Waals surface area contributed by atoms with E-state index in [4.69, 9.17) is 0 Å². The standard InChI is InChI=1S/C20H23F3N2O4S2/c1-2-24(14-17-6-4-12-30-17)19(26)15-8-10-25(11-9-15)31(27,28)18-7-3-5-16(13-18)29-20(21,22)23/h3-7,12-13,15H,2,8-11,14H2,1H3. The van der Waals surface area contributed by atoms with E-state index in [0.29, 0.717) is 25.9 Å². The Bertz CT molecular complexity index is 986. The molecule has 2 heterocycles. The number of amides is 1. The molecule has 31 heavy (non-hydrogen) atoms. The lowest BCUT2D eigenvalue weighted by molar-refractivity contribution is -0.274. The van der Waals surface area contributed by atoms with E-state index in [-0.39, 0.29) is 29.8 Å². The van der Waals surface area contributed by atoms with Crippen molar-refractivity contribution in [1.29, 1.82) is 0 Å². The minimum Gasteiger partial charge on any atom is -0.406 e. The van der Waals surface area contributed by atoms with Crippen LogP contribution in [-0.4, -0.2) is 49.5 Å². The van der Waals surface area contributed by atoms with Gasteiger partial charge in [0.15, 0.2) is 0 Å². The zero-order chi connectivity index (χ0) is 22.6. The maximum Gasteiger partial charge on any atom is 0.573 e. The molecule has 0 atom stereocenters. The summed E-state index contributed by atoms with van der Waals surface area (Å²) in [5.41, 5.74) is 0. The quantitative estimate of drug-likeness (QED) is 0.604. The van der Waals surface area contributed by atoms with Gasteiger partial charge in [-0.15, -0.1) is 24.5 Å². The second kappa shape index (κ2) is 9.58. The molecule has 6 nitrogen and oxygen atoms in total. The fourth-order valence-corrected chi connectivity index (χ4v) is 5.74. The lowest BCUT2D eigenvalue weighted by Crippen LogP contribution is -2.44. The first-order valence-corrected chi connectivity index (χ1v) is 12.1. The molecule has 170 valence electrons. The van der Waals surface area contributed by atoms with Gasteiger partial charge in [0.25, 0.3) is 0 Å². The summed E-state index contributed by atoms with van der Waals surface area (Å²) in [6, 6.07) is 8.23. The average Bonchev–Trinajstić information content (AvgIpc) is 3.24. The summed E-state index contributed by atoms with van der Waals surface area (Å²) in [4.78, 5) is 15.5. The molecule has 11 heteroatoms. The second-order valence-corrected chi connectivity index (χ2v) is 10.1. The van der Waals surface area contributed by atoms with E-state index in [2.05, 4.69) is 4.74 Å². The van der Waals surface area contributed by atoms with Crippen molar-refractivity contribution in [2.24, 2.45) is 5.92 Å². The molecule has 3 rings (SSSR count). The third kappa shape index (κ3) is 5.98. The first-order valence-electron chi connectivity index (χ1n) is 9.77. The number of carbonyl (C=O) groups is 1. The summed E-state index contributed by atoms with van der Waals surface area (Å²) >= 11 is 1.57. The van der Waals surface area contributed by atoms with Gasteiger partial charge in [-0.3, -0.25) is 4.79 Å². The molecule has 1 aliphatic heterocycles. The molecule has 0 N–H and O–H groups in total. The van der Waals surface area contributed by atoms with Crippen molar-refractivity contribution < 1.29 is 31.1 Å². The van der Waals surface area contributed by atoms with Crippen molar-refractivity contribution in [3.05, 3.63) is 46.7 Å². The predicted octanol–water partition coefficient (Wildman–Crippen LogP) is 4.10. The van der Waals surface area contributed by atoms with E-state index in [1.54, 1.807) is 16.2 Å². The van der Waals surface area contributed by atoms with Crippen LogP contribution in [0.4, 0.5) is 13.2 Å². The Balaban J connectivity index is 1.64. The Kier molecular flexibility index (Phi) is 7.28. The van der Waals surface area contributed by atoms with Gasteiger partial charge in [0.05, 0.1) is 11.4 Å². The van der Waals surface area contributed by atoms with E-state index in [0.717, 1.165) is 17.0 Å². The van der Waals surface area contributed by atoms with Crippen molar-refractivity contribution in [2.45, 2.75) is 37.6 Å². The smallest absolute Gasteiger partial charge is 0.406 e. The van der Waals surface area contributed by atoms with Crippen LogP contribution in [0.15, 0.2) is 46.7 Å². The number of sulfonamides is 1. The molecular weight excluding hydrogens is 453 g/mol. The van der Waals surface area contributed by atoms with Crippen molar-refractivity contribution >= 4 is 27.3 Å². The lowest BCUT2D eigenvalue weighted by Gasteiger charge is -2.33. The van der Waals surface area contributed by atoms with Gasteiger partial charge < -0.3 is 9.64 Å². The highest BCUT2D eigenvalue weighted by molar-refractivity contribution is 7.89. The molecule has 0 saturated carbocycles. The Labute approximate surface area is 183 Å². The molecule has 1 aromatic carbocycles. The molecule has 1 fully saturated rings. The predicted molar refractivity (Wildman–Crippen MR) is 110 cm³/mol. The van der Waals surface area contributed by atoms with Crippen LogP contribution in [0.25, 0.3) is 0 Å². The number of hydrogen-bond acceptors (Lipinski definition) is 5. The van der Waals surface area contributed by atoms with Gasteiger partial charge in [-0.2, -0.15) is 4.31 Å². The van der Waals surface area contributed by atoms with Crippen molar-refractivity contribution in [3.63, 3.8) is 0 Å². The van der Waals surface area contributed by atoms with E-state index >= 15 is 0 Å². The van der Waals surface area contributed by atoms with Gasteiger partial charge >= 0.3 is 6.36 Å². The number of thiophene rings is 1. The van der Waals surface area contributed by atoms with Gasteiger partial charge in [-0.1, -0.05) is 12.1 Å². The van der Waals surface area contributed by atoms with Crippen LogP contribution in [-0.2, 0) is 21.4 Å². The summed E-state index contributed by atoms with van der Waals surface area (Å²) in [6.07, 6.45) is -4.19. The van der Waals surface area contributed by atoms with E-state index in [1.165, 1.54) is 16.4 Å². The number of ether oxygens (including phenoxy) is 1. The van der Waals surface area contributed by atoms with E-state index < -0.39 is 22.1 Å². The number of carbonyl (C=O) groups excluding carboxylic acids is 1. The molecule has 0 unspecified atom stereocenters. The normalized spacial score (nSPS) is 16.3. The lowest BCUT2D eigenvalue weighted by atomic mass is 9.96. The van der Waals surface area contributed by atoms with Crippen molar-refractivity contribution in [1.82, 2.24) is 9.21 Å². The Morgan fingerprint density at radius 3 is 2.52 bits per heavy atom. The highest BCUT2D eigenvalue weighted by atomic mass is 32.2. The number of benzene rings is 1. The van der Waals surface area contributed by atoms with E-state index in [1.807, 2.05) is 24.4 Å². The van der Waals surface area contributed by atoms with Gasteiger partial charge in [-0.25, -0.2) is 8.42 Å². The monoisotopic (exact) mass is 476 g/mol. The number of rotatable bonds is 7. The molecule has 0 bridgehead atoms. The number of piperidine rings is 1. The Morgan fingerprint density at radius 2 is 1.94 bits per heavy atom. The van der Waals surface area contributed by atoms with E-state index in [9.17, 15) is 26.4 Å². The number of alkyl halides is 3. The molecule has 2 aromatic rings. The molecule has 0 spiro atoms. The fraction of sp³-hybridized carbons (Fsp3) is 0.450. The molecule has 1 saturated heterocycles. The maximum atomic E-state index is 12.9. The fourth-order valence-electron chi connectivity index (χ4n) is 3.52. The van der Waals surface area contributed by atoms with Crippen molar-refractivity contribution in [3.8, 4) is 5.75 Å². The van der Waals surface area contributed by atoms with Crippen LogP contribution in [0.2, 0.25) is 0 Å². The number of halogens is 3. The van der Waals surface area contributed by atoms with Gasteiger partial charge in [0.2, 0.25) is 15.9 Å². The highest BCUT2D eigenvalue weighted by Crippen LogP contribution is 2.29. The Morgan fingerprint density at radius 1 is 1.23 bits per heavy atom. The zero-order valence-electron chi connectivity index (χ0n) is 16.8. The first-order chi connectivity index (χ1) is 14.6. The minimum absolute atomic E-state index is 0.00600. The highest BCUT2D eigenvalue weighted by Gasteiger charge is 2.35. The molecule has 1 amide bonds. The summed E-state index contributed by atoms with van der Waals surface area (Å²) in [7, 11) is -3.99. The van der Waals surface area contributed by atoms with Crippen LogP contribution >= 0.6 is 11.3 Å². The summed E-state index contributed by atoms with van der Waals surface area (Å²) < 4.78 is 68.1. The van der Waals surface area contributed by atoms with Gasteiger partial charge in [0.1, 0.15) is 5.75 Å². The van der Waals surface area contributed by atoms with Crippen molar-refractivity contribution in [2.75, 3.05) is 19.6 Å². The van der Waals surface area contributed by atoms with Crippen LogP contribution < -0.4 is 4.74 Å². The summed E-state index contributed by atoms with van der Waals surface area (Å²) in [5.74, 6) is -0.884. The third-order valence-electron chi connectivity index (χ3n) is 5.10. The molecule has 1 aromatic heterocycles. The zero-order valence-corrected chi connectivity index (χ0v) is 18.5. The molecule has 1 aliphatic rings. The maximum absolute atomic E-state index is 12.9. The van der Waals surface area contributed by atoms with Crippen LogP contribution in [0, 0.1) is 5.92 Å². The van der Waals surface area contributed by atoms with Crippen LogP contribution in [0.3, 0.4) is 0 Å². The molecular formula is C20H23F3N2O4S2. The first kappa shape index (κ1) is 23.6. The SMILES string of the molecule is CCN(Cc1cccs1)C(=O)C1CCN(S(=O)(=O)c2cccc(OC(F)(F)F)c2)CC1. The molecule has 0 aliphatic carbocycles. The summed E-state index contributed by atoms with van der Waals surface area (Å²) in [6.45, 7) is 3.24. The largest absolute Gasteiger partial charge is 0.573 e. The topological polar surface area (TPSA) is 66.9 Å².